The Kier molecular flexibility index (Phi) is 7.68. The average molecular weight is 412 g/mol. The molecule has 0 aliphatic carbocycles. The molecule has 0 saturated carbocycles. The number of morpholine rings is 1. The first kappa shape index (κ1) is 21.6. The smallest absolute Gasteiger partial charge is 0.306 e. The largest absolute Gasteiger partial charge is 0.497 e. The third-order valence-corrected chi connectivity index (χ3v) is 4.97. The summed E-state index contributed by atoms with van der Waals surface area (Å²) in [7, 11) is 1.61. The Bertz CT molecular complexity index is 830. The van der Waals surface area contributed by atoms with Gasteiger partial charge in [-0.1, -0.05) is 12.1 Å². The number of nitrogens with one attached hydrogen (secondary N) is 1. The van der Waals surface area contributed by atoms with Gasteiger partial charge in [-0.05, 0) is 55.3 Å². The number of carbonyl (C=O) groups is 2. The maximum Gasteiger partial charge on any atom is 0.306 e. The Hall–Kier alpha value is -3.06. The molecule has 7 heteroatoms. The van der Waals surface area contributed by atoms with Crippen molar-refractivity contribution < 1.29 is 23.8 Å². The normalized spacial score (nSPS) is 14.7. The summed E-state index contributed by atoms with van der Waals surface area (Å²) >= 11 is 0. The predicted octanol–water partition coefficient (Wildman–Crippen LogP) is 3.03. The zero-order valence-corrected chi connectivity index (χ0v) is 17.4. The number of aryl methyl sites for hydroxylation is 1. The van der Waals surface area contributed by atoms with Gasteiger partial charge in [0, 0.05) is 30.9 Å². The van der Waals surface area contributed by atoms with Crippen LogP contribution in [0.2, 0.25) is 0 Å². The maximum absolute atomic E-state index is 12.4. The van der Waals surface area contributed by atoms with Crippen molar-refractivity contribution in [1.29, 1.82) is 0 Å². The van der Waals surface area contributed by atoms with Crippen LogP contribution in [0.4, 0.5) is 11.4 Å². The number of carbonyl (C=O) groups excluding carboxylic acids is 2. The van der Waals surface area contributed by atoms with Crippen molar-refractivity contribution in [3.63, 3.8) is 0 Å². The van der Waals surface area contributed by atoms with Crippen LogP contribution in [0.15, 0.2) is 48.5 Å². The summed E-state index contributed by atoms with van der Waals surface area (Å²) < 4.78 is 15.8. The van der Waals surface area contributed by atoms with Gasteiger partial charge in [0.05, 0.1) is 20.3 Å². The number of nitrogens with zero attached hydrogens (tertiary/aromatic N) is 1. The van der Waals surface area contributed by atoms with E-state index < -0.39 is 12.1 Å². The second kappa shape index (κ2) is 10.6. The van der Waals surface area contributed by atoms with Crippen LogP contribution in [0.5, 0.6) is 5.75 Å². The van der Waals surface area contributed by atoms with Crippen molar-refractivity contribution in [2.24, 2.45) is 0 Å². The van der Waals surface area contributed by atoms with Crippen LogP contribution in [0.3, 0.4) is 0 Å². The fourth-order valence-corrected chi connectivity index (χ4v) is 3.17. The highest BCUT2D eigenvalue weighted by atomic mass is 16.5. The van der Waals surface area contributed by atoms with Crippen molar-refractivity contribution in [1.82, 2.24) is 0 Å². The zero-order valence-electron chi connectivity index (χ0n) is 17.4. The third-order valence-electron chi connectivity index (χ3n) is 4.97. The number of anilines is 2. The van der Waals surface area contributed by atoms with E-state index in [9.17, 15) is 9.59 Å². The average Bonchev–Trinajstić information content (AvgIpc) is 2.79. The van der Waals surface area contributed by atoms with Crippen LogP contribution in [0.1, 0.15) is 18.9 Å². The summed E-state index contributed by atoms with van der Waals surface area (Å²) in [5.41, 5.74) is 2.76. The number of esters is 1. The fourth-order valence-electron chi connectivity index (χ4n) is 3.17. The van der Waals surface area contributed by atoms with E-state index in [-0.39, 0.29) is 12.3 Å². The van der Waals surface area contributed by atoms with Crippen molar-refractivity contribution in [3.05, 3.63) is 54.1 Å². The highest BCUT2D eigenvalue weighted by molar-refractivity contribution is 5.95. The number of amides is 1. The quantitative estimate of drug-likeness (QED) is 0.672. The van der Waals surface area contributed by atoms with E-state index in [1.165, 1.54) is 0 Å². The van der Waals surface area contributed by atoms with Crippen LogP contribution in [0, 0.1) is 0 Å². The van der Waals surface area contributed by atoms with Crippen LogP contribution in [-0.4, -0.2) is 51.4 Å². The molecule has 2 aromatic rings. The van der Waals surface area contributed by atoms with Gasteiger partial charge in [0.25, 0.3) is 5.91 Å². The van der Waals surface area contributed by atoms with E-state index in [2.05, 4.69) is 10.2 Å². The van der Waals surface area contributed by atoms with Crippen LogP contribution in [-0.2, 0) is 25.5 Å². The topological polar surface area (TPSA) is 77.1 Å². The molecule has 2 aromatic carbocycles. The maximum atomic E-state index is 12.4. The minimum atomic E-state index is -0.868. The SMILES string of the molecule is COc1ccc(CCC(=O)O[C@H](C)C(=O)Nc2ccc(N3CCOCC3)cc2)cc1. The number of rotatable bonds is 8. The first-order valence-corrected chi connectivity index (χ1v) is 10.1. The Balaban J connectivity index is 1.43. The van der Waals surface area contributed by atoms with E-state index in [1.54, 1.807) is 14.0 Å². The van der Waals surface area contributed by atoms with Crippen molar-refractivity contribution >= 4 is 23.3 Å². The molecule has 0 aromatic heterocycles. The summed E-state index contributed by atoms with van der Waals surface area (Å²) in [4.78, 5) is 26.7. The number of benzene rings is 2. The summed E-state index contributed by atoms with van der Waals surface area (Å²) in [6.07, 6.45) is -0.120. The summed E-state index contributed by atoms with van der Waals surface area (Å²) in [5, 5.41) is 2.79. The molecule has 1 fully saturated rings. The monoisotopic (exact) mass is 412 g/mol. The molecule has 0 unspecified atom stereocenters. The molecule has 7 nitrogen and oxygen atoms in total. The molecule has 1 amide bonds. The van der Waals surface area contributed by atoms with Gasteiger partial charge in [0.1, 0.15) is 5.75 Å². The van der Waals surface area contributed by atoms with E-state index >= 15 is 0 Å². The molecule has 0 radical (unpaired) electrons. The van der Waals surface area contributed by atoms with Crippen LogP contribution >= 0.6 is 0 Å². The Morgan fingerprint density at radius 1 is 1.07 bits per heavy atom. The molecule has 1 aliphatic heterocycles. The minimum absolute atomic E-state index is 0.207. The van der Waals surface area contributed by atoms with E-state index in [1.807, 2.05) is 48.5 Å². The number of methoxy groups -OCH3 is 1. The zero-order chi connectivity index (χ0) is 21.3. The summed E-state index contributed by atoms with van der Waals surface area (Å²) in [6, 6.07) is 15.1. The van der Waals surface area contributed by atoms with Gasteiger partial charge < -0.3 is 24.4 Å². The Morgan fingerprint density at radius 3 is 2.37 bits per heavy atom. The molecule has 1 saturated heterocycles. The van der Waals surface area contributed by atoms with Gasteiger partial charge in [0.2, 0.25) is 0 Å². The van der Waals surface area contributed by atoms with Crippen molar-refractivity contribution in [2.45, 2.75) is 25.9 Å². The standard InChI is InChI=1S/C23H28N2O5/c1-17(30-22(26)12-5-18-3-10-21(28-2)11-4-18)23(27)24-19-6-8-20(9-7-19)25-13-15-29-16-14-25/h3-4,6-11,17H,5,12-16H2,1-2H3,(H,24,27)/t17-/m1/s1. The van der Waals surface area contributed by atoms with E-state index in [0.29, 0.717) is 12.1 Å². The van der Waals surface area contributed by atoms with Crippen LogP contribution in [0.25, 0.3) is 0 Å². The number of hydrogen-bond donors (Lipinski definition) is 1. The minimum Gasteiger partial charge on any atom is -0.497 e. The number of hydrogen-bond acceptors (Lipinski definition) is 6. The highest BCUT2D eigenvalue weighted by Crippen LogP contribution is 2.19. The first-order valence-electron chi connectivity index (χ1n) is 10.1. The molecule has 1 N–H and O–H groups in total. The Morgan fingerprint density at radius 2 is 1.73 bits per heavy atom. The molecule has 1 atom stereocenters. The van der Waals surface area contributed by atoms with Gasteiger partial charge >= 0.3 is 5.97 Å². The molecular formula is C23H28N2O5. The van der Waals surface area contributed by atoms with Gasteiger partial charge in [-0.3, -0.25) is 9.59 Å². The second-order valence-electron chi connectivity index (χ2n) is 7.12. The lowest BCUT2D eigenvalue weighted by atomic mass is 10.1. The summed E-state index contributed by atoms with van der Waals surface area (Å²) in [5.74, 6) is 0.00708. The van der Waals surface area contributed by atoms with Gasteiger partial charge in [-0.15, -0.1) is 0 Å². The number of ether oxygens (including phenoxy) is 3. The van der Waals surface area contributed by atoms with Crippen LogP contribution < -0.4 is 15.0 Å². The van der Waals surface area contributed by atoms with Gasteiger partial charge in [0.15, 0.2) is 6.10 Å². The molecular weight excluding hydrogens is 384 g/mol. The van der Waals surface area contributed by atoms with Gasteiger partial charge in [-0.2, -0.15) is 0 Å². The molecule has 1 aliphatic rings. The van der Waals surface area contributed by atoms with Gasteiger partial charge in [-0.25, -0.2) is 0 Å². The fraction of sp³-hybridized carbons (Fsp3) is 0.391. The lowest BCUT2D eigenvalue weighted by molar-refractivity contribution is -0.153. The van der Waals surface area contributed by atoms with E-state index in [4.69, 9.17) is 14.2 Å². The predicted molar refractivity (Wildman–Crippen MR) is 115 cm³/mol. The Labute approximate surface area is 176 Å². The highest BCUT2D eigenvalue weighted by Gasteiger charge is 2.18. The summed E-state index contributed by atoms with van der Waals surface area (Å²) in [6.45, 7) is 4.73. The second-order valence-corrected chi connectivity index (χ2v) is 7.12. The molecule has 3 rings (SSSR count). The molecule has 0 bridgehead atoms. The molecule has 160 valence electrons. The lowest BCUT2D eigenvalue weighted by Gasteiger charge is -2.28. The van der Waals surface area contributed by atoms with Crippen molar-refractivity contribution in [2.75, 3.05) is 43.6 Å². The molecule has 0 spiro atoms. The lowest BCUT2D eigenvalue weighted by Crippen LogP contribution is -2.36. The van der Waals surface area contributed by atoms with E-state index in [0.717, 1.165) is 43.3 Å². The molecule has 30 heavy (non-hydrogen) atoms. The van der Waals surface area contributed by atoms with Crippen molar-refractivity contribution in [3.8, 4) is 5.75 Å². The molecule has 1 heterocycles. The first-order chi connectivity index (χ1) is 14.5. The third kappa shape index (κ3) is 6.22.